The molecule has 6 heteroatoms. The average Bonchev–Trinajstić information content (AvgIpc) is 2.60. The lowest BCUT2D eigenvalue weighted by Gasteiger charge is -2.14. The predicted octanol–water partition coefficient (Wildman–Crippen LogP) is 0.401. The Bertz CT molecular complexity index is 352. The number of aromatic nitrogens is 1. The SMILES string of the molecule is CC(C)C(O)CNC(=O)Cc1csc(N)n1. The molecule has 0 fully saturated rings. The first-order valence-corrected chi connectivity index (χ1v) is 6.01. The van der Waals surface area contributed by atoms with E-state index in [9.17, 15) is 9.90 Å². The van der Waals surface area contributed by atoms with Gasteiger partial charge in [0.05, 0.1) is 18.2 Å². The van der Waals surface area contributed by atoms with Gasteiger partial charge in [-0.05, 0) is 5.92 Å². The molecule has 1 aromatic heterocycles. The summed E-state index contributed by atoms with van der Waals surface area (Å²) in [6.45, 7) is 4.08. The lowest BCUT2D eigenvalue weighted by atomic mass is 10.1. The normalized spacial score (nSPS) is 12.8. The second-order valence-corrected chi connectivity index (χ2v) is 4.86. The first-order chi connectivity index (χ1) is 7.49. The van der Waals surface area contributed by atoms with Crippen molar-refractivity contribution >= 4 is 22.4 Å². The van der Waals surface area contributed by atoms with E-state index < -0.39 is 6.10 Å². The van der Waals surface area contributed by atoms with Crippen LogP contribution in [0.1, 0.15) is 19.5 Å². The van der Waals surface area contributed by atoms with Crippen molar-refractivity contribution in [1.82, 2.24) is 10.3 Å². The summed E-state index contributed by atoms with van der Waals surface area (Å²) < 4.78 is 0. The van der Waals surface area contributed by atoms with E-state index in [0.29, 0.717) is 10.8 Å². The van der Waals surface area contributed by atoms with Crippen LogP contribution in [0.3, 0.4) is 0 Å². The molecule has 1 atom stereocenters. The quantitative estimate of drug-likeness (QED) is 0.698. The second-order valence-electron chi connectivity index (χ2n) is 3.97. The fourth-order valence-corrected chi connectivity index (χ4v) is 1.65. The molecule has 0 saturated heterocycles. The number of aliphatic hydroxyl groups excluding tert-OH is 1. The minimum absolute atomic E-state index is 0.134. The molecule has 1 heterocycles. The Labute approximate surface area is 98.7 Å². The Kier molecular flexibility index (Phi) is 4.70. The highest BCUT2D eigenvalue weighted by atomic mass is 32.1. The number of aliphatic hydroxyl groups is 1. The van der Waals surface area contributed by atoms with Crippen molar-refractivity contribution in [3.63, 3.8) is 0 Å². The first kappa shape index (κ1) is 12.9. The number of nitrogen functional groups attached to an aromatic ring is 1. The number of hydrogen-bond donors (Lipinski definition) is 3. The van der Waals surface area contributed by atoms with Crippen molar-refractivity contribution < 1.29 is 9.90 Å². The molecule has 1 unspecified atom stereocenters. The molecule has 0 aliphatic carbocycles. The van der Waals surface area contributed by atoms with Crippen LogP contribution in [-0.2, 0) is 11.2 Å². The van der Waals surface area contributed by atoms with Crippen molar-refractivity contribution in [1.29, 1.82) is 0 Å². The summed E-state index contributed by atoms with van der Waals surface area (Å²) in [6.07, 6.45) is -0.303. The zero-order chi connectivity index (χ0) is 12.1. The van der Waals surface area contributed by atoms with Crippen LogP contribution in [0.2, 0.25) is 0 Å². The van der Waals surface area contributed by atoms with E-state index in [-0.39, 0.29) is 24.8 Å². The Hall–Kier alpha value is -1.14. The number of hydrogen-bond acceptors (Lipinski definition) is 5. The molecule has 0 bridgehead atoms. The minimum atomic E-state index is -0.510. The van der Waals surface area contributed by atoms with Crippen LogP contribution in [0, 0.1) is 5.92 Å². The molecule has 0 aromatic carbocycles. The number of nitrogens with one attached hydrogen (secondary N) is 1. The predicted molar refractivity (Wildman–Crippen MR) is 64.1 cm³/mol. The van der Waals surface area contributed by atoms with Crippen LogP contribution >= 0.6 is 11.3 Å². The highest BCUT2D eigenvalue weighted by Gasteiger charge is 2.11. The van der Waals surface area contributed by atoms with E-state index in [1.54, 1.807) is 5.38 Å². The van der Waals surface area contributed by atoms with Gasteiger partial charge in [-0.1, -0.05) is 13.8 Å². The van der Waals surface area contributed by atoms with Gasteiger partial charge in [0.25, 0.3) is 0 Å². The fraction of sp³-hybridized carbons (Fsp3) is 0.600. The summed E-state index contributed by atoms with van der Waals surface area (Å²) in [7, 11) is 0. The summed E-state index contributed by atoms with van der Waals surface area (Å²) in [5, 5.41) is 14.4. The van der Waals surface area contributed by atoms with Crippen molar-refractivity contribution in [2.75, 3.05) is 12.3 Å². The number of nitrogens with two attached hydrogens (primary N) is 1. The number of carbonyl (C=O) groups excluding carboxylic acids is 1. The van der Waals surface area contributed by atoms with Gasteiger partial charge in [0.2, 0.25) is 5.91 Å². The number of anilines is 1. The van der Waals surface area contributed by atoms with E-state index in [2.05, 4.69) is 10.3 Å². The largest absolute Gasteiger partial charge is 0.391 e. The summed E-state index contributed by atoms with van der Waals surface area (Å²) in [5.41, 5.74) is 6.12. The smallest absolute Gasteiger partial charge is 0.226 e. The number of thiazole rings is 1. The number of rotatable bonds is 5. The van der Waals surface area contributed by atoms with Crippen LogP contribution < -0.4 is 11.1 Å². The topological polar surface area (TPSA) is 88.2 Å². The third-order valence-corrected chi connectivity index (χ3v) is 2.91. The molecular formula is C10H17N3O2S. The lowest BCUT2D eigenvalue weighted by molar-refractivity contribution is -0.121. The molecule has 90 valence electrons. The number of carbonyl (C=O) groups is 1. The van der Waals surface area contributed by atoms with Gasteiger partial charge in [-0.3, -0.25) is 4.79 Å². The molecule has 4 N–H and O–H groups in total. The second kappa shape index (κ2) is 5.81. The van der Waals surface area contributed by atoms with Gasteiger partial charge >= 0.3 is 0 Å². The third-order valence-electron chi connectivity index (χ3n) is 2.19. The summed E-state index contributed by atoms with van der Waals surface area (Å²) in [4.78, 5) is 15.4. The maximum absolute atomic E-state index is 11.5. The molecule has 16 heavy (non-hydrogen) atoms. The van der Waals surface area contributed by atoms with E-state index in [0.717, 1.165) is 0 Å². The van der Waals surface area contributed by atoms with Crippen molar-refractivity contribution in [3.05, 3.63) is 11.1 Å². The molecule has 1 amide bonds. The van der Waals surface area contributed by atoms with Gasteiger partial charge in [0.15, 0.2) is 5.13 Å². The van der Waals surface area contributed by atoms with Crippen molar-refractivity contribution in [2.45, 2.75) is 26.4 Å². The molecule has 1 aromatic rings. The zero-order valence-electron chi connectivity index (χ0n) is 9.43. The maximum Gasteiger partial charge on any atom is 0.226 e. The monoisotopic (exact) mass is 243 g/mol. The molecule has 5 nitrogen and oxygen atoms in total. The average molecular weight is 243 g/mol. The minimum Gasteiger partial charge on any atom is -0.391 e. The van der Waals surface area contributed by atoms with Gasteiger partial charge in [-0.15, -0.1) is 11.3 Å². The van der Waals surface area contributed by atoms with Crippen LogP contribution in [-0.4, -0.2) is 28.6 Å². The van der Waals surface area contributed by atoms with Gasteiger partial charge in [-0.25, -0.2) is 4.98 Å². The van der Waals surface area contributed by atoms with Gasteiger partial charge < -0.3 is 16.2 Å². The Morgan fingerprint density at radius 2 is 2.38 bits per heavy atom. The molecule has 0 aliphatic rings. The number of nitrogens with zero attached hydrogens (tertiary/aromatic N) is 1. The zero-order valence-corrected chi connectivity index (χ0v) is 10.3. The van der Waals surface area contributed by atoms with Gasteiger partial charge in [-0.2, -0.15) is 0 Å². The highest BCUT2D eigenvalue weighted by Crippen LogP contribution is 2.11. The Morgan fingerprint density at radius 1 is 1.69 bits per heavy atom. The van der Waals surface area contributed by atoms with Crippen LogP contribution in [0.5, 0.6) is 0 Å². The van der Waals surface area contributed by atoms with Crippen LogP contribution in [0.4, 0.5) is 5.13 Å². The summed E-state index contributed by atoms with van der Waals surface area (Å²) >= 11 is 1.31. The van der Waals surface area contributed by atoms with Gasteiger partial charge in [0, 0.05) is 11.9 Å². The standard InChI is InChI=1S/C10H17N3O2S/c1-6(2)8(14)4-12-9(15)3-7-5-16-10(11)13-7/h5-6,8,14H,3-4H2,1-2H3,(H2,11,13)(H,12,15). The molecular weight excluding hydrogens is 226 g/mol. The summed E-state index contributed by atoms with van der Waals surface area (Å²) in [5.74, 6) is -0.0137. The molecule has 0 aliphatic heterocycles. The maximum atomic E-state index is 11.5. The van der Waals surface area contributed by atoms with E-state index in [1.807, 2.05) is 13.8 Å². The Morgan fingerprint density at radius 3 is 2.88 bits per heavy atom. The van der Waals surface area contributed by atoms with E-state index in [1.165, 1.54) is 11.3 Å². The molecule has 0 saturated carbocycles. The fourth-order valence-electron chi connectivity index (χ4n) is 1.08. The molecule has 1 rings (SSSR count). The van der Waals surface area contributed by atoms with E-state index in [4.69, 9.17) is 5.73 Å². The first-order valence-electron chi connectivity index (χ1n) is 5.13. The highest BCUT2D eigenvalue weighted by molar-refractivity contribution is 7.13. The Balaban J connectivity index is 2.31. The molecule has 0 radical (unpaired) electrons. The molecule has 0 spiro atoms. The summed E-state index contributed by atoms with van der Waals surface area (Å²) in [6, 6.07) is 0. The van der Waals surface area contributed by atoms with Crippen molar-refractivity contribution in [2.24, 2.45) is 5.92 Å². The van der Waals surface area contributed by atoms with Gasteiger partial charge in [0.1, 0.15) is 0 Å². The van der Waals surface area contributed by atoms with Crippen LogP contribution in [0.25, 0.3) is 0 Å². The number of amides is 1. The van der Waals surface area contributed by atoms with Crippen LogP contribution in [0.15, 0.2) is 5.38 Å². The van der Waals surface area contributed by atoms with Crippen molar-refractivity contribution in [3.8, 4) is 0 Å². The van der Waals surface area contributed by atoms with E-state index >= 15 is 0 Å². The lowest BCUT2D eigenvalue weighted by Crippen LogP contribution is -2.35. The third kappa shape index (κ3) is 4.16.